The second-order valence-corrected chi connectivity index (χ2v) is 32.5. The normalized spacial score (nSPS) is 12.2. The van der Waals surface area contributed by atoms with E-state index in [9.17, 15) is 0 Å². The molecule has 0 atom stereocenters. The van der Waals surface area contributed by atoms with E-state index in [1.54, 1.807) is 0 Å². The maximum absolute atomic E-state index is 2.52. The fourth-order valence-electron chi connectivity index (χ4n) is 20.9. The van der Waals surface area contributed by atoms with E-state index >= 15 is 0 Å². The van der Waals surface area contributed by atoms with Gasteiger partial charge in [-0.1, -0.05) is 303 Å². The van der Waals surface area contributed by atoms with E-state index < -0.39 is 0 Å². The van der Waals surface area contributed by atoms with Crippen LogP contribution in [0.25, 0.3) is 252 Å². The van der Waals surface area contributed by atoms with Crippen LogP contribution in [-0.4, -0.2) is 18.3 Å². The van der Waals surface area contributed by atoms with Crippen molar-refractivity contribution >= 4 is 173 Å². The van der Waals surface area contributed by atoms with Gasteiger partial charge in [-0.15, -0.1) is 0 Å². The lowest BCUT2D eigenvalue weighted by molar-refractivity contribution is 1.18. The van der Waals surface area contributed by atoms with Gasteiger partial charge >= 0.3 is 0 Å². The Bertz CT molecular complexity index is 8910. The predicted molar refractivity (Wildman–Crippen MR) is 511 cm³/mol. The molecule has 554 valence electrons. The summed E-state index contributed by atoms with van der Waals surface area (Å²) >= 11 is 0. The summed E-state index contributed by atoms with van der Waals surface area (Å²) in [6.45, 7) is 0. The number of fused-ring (bicyclic) bond motifs is 28. The number of nitrogens with zero attached hydrogens (tertiary/aromatic N) is 4. The van der Waals surface area contributed by atoms with Crippen molar-refractivity contribution in [1.82, 2.24) is 18.3 Å². The summed E-state index contributed by atoms with van der Waals surface area (Å²) in [4.78, 5) is 0. The van der Waals surface area contributed by atoms with Gasteiger partial charge in [0.15, 0.2) is 0 Å². The van der Waals surface area contributed by atoms with Gasteiger partial charge < -0.3 is 18.3 Å². The van der Waals surface area contributed by atoms with Gasteiger partial charge in [0, 0.05) is 70.9 Å². The number of rotatable bonds is 7. The molecule has 27 rings (SSSR count). The lowest BCUT2D eigenvalue weighted by atomic mass is 9.88. The summed E-state index contributed by atoms with van der Waals surface area (Å²) in [6.07, 6.45) is 0. The molecule has 0 aliphatic heterocycles. The van der Waals surface area contributed by atoms with Crippen molar-refractivity contribution in [1.29, 1.82) is 0 Å². The molecule has 22 aromatic carbocycles. The number of hydrogen-bond donors (Lipinski definition) is 0. The van der Waals surface area contributed by atoms with E-state index in [4.69, 9.17) is 0 Å². The zero-order valence-corrected chi connectivity index (χ0v) is 65.2. The quantitative estimate of drug-likeness (QED) is 0.142. The molecule has 0 spiro atoms. The highest BCUT2D eigenvalue weighted by molar-refractivity contribution is 6.37. The lowest BCUT2D eigenvalue weighted by Crippen LogP contribution is -1.97. The van der Waals surface area contributed by atoms with E-state index in [0.29, 0.717) is 0 Å². The average Bonchev–Trinajstić information content (AvgIpc) is 1.46. The van der Waals surface area contributed by atoms with Gasteiger partial charge in [-0.3, -0.25) is 0 Å². The van der Waals surface area contributed by atoms with Crippen molar-refractivity contribution in [3.8, 4) is 78.4 Å². The van der Waals surface area contributed by atoms with Gasteiger partial charge in [-0.05, 0) is 252 Å². The summed E-state index contributed by atoms with van der Waals surface area (Å²) in [5.74, 6) is 0. The predicted octanol–water partition coefficient (Wildman–Crippen LogP) is 31.6. The Balaban J connectivity index is 0.000000131. The van der Waals surface area contributed by atoms with Gasteiger partial charge in [-0.2, -0.15) is 0 Å². The Morgan fingerprint density at radius 1 is 0.125 bits per heavy atom. The van der Waals surface area contributed by atoms with Crippen LogP contribution in [0, 0.1) is 0 Å². The molecule has 0 fully saturated rings. The summed E-state index contributed by atoms with van der Waals surface area (Å²) in [5, 5.41) is 30.6. The molecule has 1 aliphatic carbocycles. The third-order valence-electron chi connectivity index (χ3n) is 26.3. The van der Waals surface area contributed by atoms with Crippen LogP contribution in [0.1, 0.15) is 0 Å². The molecule has 4 heterocycles. The van der Waals surface area contributed by atoms with Crippen LogP contribution in [0.5, 0.6) is 0 Å². The molecule has 26 aromatic rings. The first-order valence-corrected chi connectivity index (χ1v) is 41.6. The monoisotopic (exact) mass is 1520 g/mol. The van der Waals surface area contributed by atoms with Crippen molar-refractivity contribution in [2.24, 2.45) is 0 Å². The molecule has 0 saturated heterocycles. The zero-order valence-electron chi connectivity index (χ0n) is 65.2. The first-order chi connectivity index (χ1) is 59.5. The van der Waals surface area contributed by atoms with E-state index in [0.717, 1.165) is 5.69 Å². The summed E-state index contributed by atoms with van der Waals surface area (Å²) < 4.78 is 9.80. The Hall–Kier alpha value is -15.9. The molecule has 120 heavy (non-hydrogen) atoms. The van der Waals surface area contributed by atoms with Crippen LogP contribution in [-0.2, 0) is 0 Å². The zero-order chi connectivity index (χ0) is 78.4. The van der Waals surface area contributed by atoms with E-state index in [-0.39, 0.29) is 0 Å². The van der Waals surface area contributed by atoms with Gasteiger partial charge in [0.2, 0.25) is 0 Å². The fourth-order valence-corrected chi connectivity index (χ4v) is 20.9. The van der Waals surface area contributed by atoms with Crippen LogP contribution in [0.4, 0.5) is 0 Å². The SMILES string of the molecule is c1ccc(-c2ccc(-n3c4ccccc4c4cc(-c5ccc6c(c5)c5ccccc5n6-c5cc6c7ccccc7c7ccccc7c6c6c5ccc5ccccc56)ccc43)cc2)cc1.c1ccc2cc(-n3c4ccccc4c4cc(-c5ccc6c(c5)c5ccccc5n6-c5ccc6c(c5)-c5cc7ccccc7c7cccc-6c57)ccc43)ccc2c1. The molecule has 0 saturated carbocycles. The minimum absolute atomic E-state index is 1.16. The van der Waals surface area contributed by atoms with Crippen LogP contribution in [0.2, 0.25) is 0 Å². The van der Waals surface area contributed by atoms with Crippen molar-refractivity contribution in [2.45, 2.75) is 0 Å². The maximum atomic E-state index is 2.52. The third kappa shape index (κ3) is 9.82. The molecular weight excluding hydrogens is 1450 g/mol. The Morgan fingerprint density at radius 3 is 1.08 bits per heavy atom. The molecule has 1 aliphatic rings. The Kier molecular flexibility index (Phi) is 14.3. The smallest absolute Gasteiger partial charge is 0.0547 e. The van der Waals surface area contributed by atoms with E-state index in [2.05, 4.69) is 443 Å². The Labute approximate surface area is 690 Å². The van der Waals surface area contributed by atoms with Gasteiger partial charge in [-0.25, -0.2) is 0 Å². The van der Waals surface area contributed by atoms with E-state index in [1.807, 2.05) is 0 Å². The van der Waals surface area contributed by atoms with Crippen LogP contribution < -0.4 is 0 Å². The molecule has 4 nitrogen and oxygen atoms in total. The minimum atomic E-state index is 1.16. The standard InChI is InChI=1S/C62H38N2.C54H32N2/c1-2-14-39(15-3-1)40-26-31-44(32-27-40)63-56-24-12-10-21-49(56)53-36-42(29-34-58(53)63)43-30-35-59-54(37-43)50-22-11-13-25-57(50)64(59)60-38-55-48-20-7-6-18-46(48)47-19-8-9-23-51(47)62(55)61-45-17-5-4-16-41(45)28-33-52(60)61;1-2-11-34-28-38(23-20-33(34)10-1)55-50-18-7-5-14-42(50)47-29-35(21-26-52(47)55)36-22-27-53-48(30-36)43-15-6-8-19-51(43)56(53)39-24-25-41-45-17-9-16-44-40-13-4-3-12-37(40)31-49(54(44)45)46(41)32-39/h1-38H;1-32H. The topological polar surface area (TPSA) is 19.7 Å². The highest BCUT2D eigenvalue weighted by atomic mass is 15.0. The number of hydrogen-bond acceptors (Lipinski definition) is 0. The second-order valence-electron chi connectivity index (χ2n) is 32.5. The van der Waals surface area contributed by atoms with E-state index in [1.165, 1.54) is 246 Å². The van der Waals surface area contributed by atoms with Crippen molar-refractivity contribution in [2.75, 3.05) is 0 Å². The van der Waals surface area contributed by atoms with Crippen molar-refractivity contribution in [3.05, 3.63) is 425 Å². The average molecular weight is 1520 g/mol. The third-order valence-corrected chi connectivity index (χ3v) is 26.3. The minimum Gasteiger partial charge on any atom is -0.309 e. The van der Waals surface area contributed by atoms with Gasteiger partial charge in [0.05, 0.1) is 49.8 Å². The van der Waals surface area contributed by atoms with Gasteiger partial charge in [0.1, 0.15) is 0 Å². The van der Waals surface area contributed by atoms with Crippen molar-refractivity contribution < 1.29 is 0 Å². The molecule has 0 bridgehead atoms. The highest BCUT2D eigenvalue weighted by Crippen LogP contribution is 2.52. The largest absolute Gasteiger partial charge is 0.309 e. The van der Waals surface area contributed by atoms with Gasteiger partial charge in [0.25, 0.3) is 0 Å². The summed E-state index contributed by atoms with van der Waals surface area (Å²) in [5.41, 5.74) is 26.9. The number of benzene rings is 22. The van der Waals surface area contributed by atoms with Crippen LogP contribution >= 0.6 is 0 Å². The first-order valence-electron chi connectivity index (χ1n) is 41.6. The molecule has 0 N–H and O–H groups in total. The molecule has 0 amide bonds. The number of para-hydroxylation sites is 4. The fraction of sp³-hybridized carbons (Fsp3) is 0. The first kappa shape index (κ1) is 66.4. The molecule has 4 heteroatoms. The van der Waals surface area contributed by atoms with Crippen LogP contribution in [0.3, 0.4) is 0 Å². The van der Waals surface area contributed by atoms with Crippen LogP contribution in [0.15, 0.2) is 425 Å². The molecule has 4 aromatic heterocycles. The summed E-state index contributed by atoms with van der Waals surface area (Å²) in [6, 6.07) is 157. The molecular formula is C116H70N4. The molecule has 0 unspecified atom stereocenters. The highest BCUT2D eigenvalue weighted by Gasteiger charge is 2.27. The maximum Gasteiger partial charge on any atom is 0.0547 e. The molecule has 0 radical (unpaired) electrons. The Morgan fingerprint density at radius 2 is 0.500 bits per heavy atom. The number of aromatic nitrogens is 4. The summed E-state index contributed by atoms with van der Waals surface area (Å²) in [7, 11) is 0. The second kappa shape index (κ2) is 25.8. The van der Waals surface area contributed by atoms with Crippen molar-refractivity contribution in [3.63, 3.8) is 0 Å². The lowest BCUT2D eigenvalue weighted by Gasteiger charge is -2.19.